The van der Waals surface area contributed by atoms with Gasteiger partial charge in [0.05, 0.1) is 11.0 Å². The van der Waals surface area contributed by atoms with E-state index in [2.05, 4.69) is 16.7 Å². The number of hydrogen-bond acceptors (Lipinski definition) is 7. The minimum Gasteiger partial charge on any atom is -0.444 e. The molecular weight excluding hydrogens is 638 g/mol. The van der Waals surface area contributed by atoms with Gasteiger partial charge in [-0.05, 0) is 74.8 Å². The molecule has 0 spiro atoms. The number of rotatable bonds is 9. The highest BCUT2D eigenvalue weighted by molar-refractivity contribution is 5.94. The maximum absolute atomic E-state index is 14.7. The lowest BCUT2D eigenvalue weighted by molar-refractivity contribution is -0.384. The van der Waals surface area contributed by atoms with Crippen LogP contribution in [-0.2, 0) is 44.9 Å². The van der Waals surface area contributed by atoms with E-state index in [0.29, 0.717) is 5.56 Å². The van der Waals surface area contributed by atoms with Crippen LogP contribution >= 0.6 is 0 Å². The molecule has 2 aliphatic rings. The van der Waals surface area contributed by atoms with Crippen LogP contribution in [0.2, 0.25) is 0 Å². The third-order valence-corrected chi connectivity index (χ3v) is 9.36. The van der Waals surface area contributed by atoms with Crippen molar-refractivity contribution in [2.75, 3.05) is 7.05 Å². The van der Waals surface area contributed by atoms with Crippen molar-refractivity contribution in [1.82, 2.24) is 20.4 Å². The standard InChI is InChI=1S/C38H45N5O7/c1-24(41(5)37(47)50-38(2,3)4)34(44)40-32(21-25-17-19-29(20-18-25)43(48)49)36(46)42-23-28-13-7-6-12-27(28)22-33(42)35(45)39-31-16-10-14-26-11-8-9-15-30(26)31/h6-9,11-13,15,17-20,24,31-33H,10,14,16,21-23H2,1-5H3,(H,39,45)(H,40,44)/t24-,31+,32-,33-/m0/s1. The molecule has 3 aromatic rings. The van der Waals surface area contributed by atoms with Crippen LogP contribution in [0.4, 0.5) is 10.5 Å². The van der Waals surface area contributed by atoms with Crippen molar-refractivity contribution in [2.45, 2.75) is 96.1 Å². The van der Waals surface area contributed by atoms with E-state index in [1.165, 1.54) is 48.7 Å². The summed E-state index contributed by atoms with van der Waals surface area (Å²) in [5.41, 5.74) is 3.81. The Bertz CT molecular complexity index is 1750. The van der Waals surface area contributed by atoms with Crippen LogP contribution < -0.4 is 10.6 Å². The van der Waals surface area contributed by atoms with Gasteiger partial charge < -0.3 is 20.3 Å². The highest BCUT2D eigenvalue weighted by Crippen LogP contribution is 2.31. The molecule has 1 aliphatic carbocycles. The number of hydrogen-bond donors (Lipinski definition) is 2. The Balaban J connectivity index is 1.44. The first-order chi connectivity index (χ1) is 23.7. The van der Waals surface area contributed by atoms with Crippen LogP contribution in [-0.4, -0.2) is 69.3 Å². The van der Waals surface area contributed by atoms with Gasteiger partial charge in [-0.1, -0.05) is 60.7 Å². The summed E-state index contributed by atoms with van der Waals surface area (Å²) in [6.07, 6.45) is 2.23. The molecule has 0 radical (unpaired) electrons. The highest BCUT2D eigenvalue weighted by Gasteiger charge is 2.40. The maximum atomic E-state index is 14.7. The lowest BCUT2D eigenvalue weighted by atomic mass is 9.87. The van der Waals surface area contributed by atoms with Crippen molar-refractivity contribution in [3.8, 4) is 0 Å². The summed E-state index contributed by atoms with van der Waals surface area (Å²) in [7, 11) is 1.44. The third kappa shape index (κ3) is 8.47. The van der Waals surface area contributed by atoms with Gasteiger partial charge in [-0.15, -0.1) is 0 Å². The van der Waals surface area contributed by atoms with Gasteiger partial charge in [0.1, 0.15) is 23.7 Å². The van der Waals surface area contributed by atoms with E-state index in [-0.39, 0.29) is 37.0 Å². The molecule has 0 unspecified atom stereocenters. The summed E-state index contributed by atoms with van der Waals surface area (Å²) in [6.45, 7) is 6.84. The van der Waals surface area contributed by atoms with Crippen LogP contribution in [0, 0.1) is 10.1 Å². The lowest BCUT2D eigenvalue weighted by Crippen LogP contribution is -2.60. The summed E-state index contributed by atoms with van der Waals surface area (Å²) in [5, 5.41) is 17.4. The Morgan fingerprint density at radius 3 is 2.28 bits per heavy atom. The Morgan fingerprint density at radius 2 is 1.62 bits per heavy atom. The predicted octanol–water partition coefficient (Wildman–Crippen LogP) is 5.02. The van der Waals surface area contributed by atoms with Crippen molar-refractivity contribution in [1.29, 1.82) is 0 Å². The predicted molar refractivity (Wildman–Crippen MR) is 187 cm³/mol. The fraction of sp³-hybridized carbons (Fsp3) is 0.421. The topological polar surface area (TPSA) is 151 Å². The monoisotopic (exact) mass is 683 g/mol. The number of nitro benzene ring substituents is 1. The van der Waals surface area contributed by atoms with Crippen LogP contribution in [0.15, 0.2) is 72.8 Å². The zero-order valence-corrected chi connectivity index (χ0v) is 29.2. The molecule has 50 heavy (non-hydrogen) atoms. The number of non-ortho nitro benzene ring substituents is 1. The van der Waals surface area contributed by atoms with Gasteiger partial charge in [-0.3, -0.25) is 29.4 Å². The van der Waals surface area contributed by atoms with Crippen molar-refractivity contribution < 1.29 is 28.8 Å². The minimum absolute atomic E-state index is 0.00603. The number of fused-ring (bicyclic) bond motifs is 2. The van der Waals surface area contributed by atoms with Crippen LogP contribution in [0.25, 0.3) is 0 Å². The maximum Gasteiger partial charge on any atom is 0.410 e. The van der Waals surface area contributed by atoms with Crippen molar-refractivity contribution in [3.63, 3.8) is 0 Å². The molecule has 5 rings (SSSR count). The number of likely N-dealkylation sites (N-methyl/N-ethyl adjacent to an activating group) is 1. The molecule has 12 nitrogen and oxygen atoms in total. The number of carbonyl (C=O) groups is 4. The highest BCUT2D eigenvalue weighted by atomic mass is 16.6. The molecule has 0 aromatic heterocycles. The molecule has 2 N–H and O–H groups in total. The fourth-order valence-corrected chi connectivity index (χ4v) is 6.51. The van der Waals surface area contributed by atoms with Crippen LogP contribution in [0.5, 0.6) is 0 Å². The number of nitrogens with one attached hydrogen (secondary N) is 2. The van der Waals surface area contributed by atoms with E-state index in [0.717, 1.165) is 40.9 Å². The average Bonchev–Trinajstić information content (AvgIpc) is 3.09. The van der Waals surface area contributed by atoms with E-state index in [4.69, 9.17) is 4.74 Å². The van der Waals surface area contributed by atoms with E-state index in [1.807, 2.05) is 42.5 Å². The zero-order chi connectivity index (χ0) is 36.2. The quantitative estimate of drug-likeness (QED) is 0.237. The Labute approximate surface area is 292 Å². The van der Waals surface area contributed by atoms with Gasteiger partial charge in [-0.2, -0.15) is 0 Å². The number of amides is 4. The second-order valence-electron chi connectivity index (χ2n) is 14.1. The molecule has 1 aliphatic heterocycles. The first kappa shape index (κ1) is 36.0. The van der Waals surface area contributed by atoms with E-state index in [1.54, 1.807) is 20.8 Å². The van der Waals surface area contributed by atoms with Crippen LogP contribution in [0.1, 0.15) is 74.4 Å². The molecule has 264 valence electrons. The summed E-state index contributed by atoms with van der Waals surface area (Å²) in [5.74, 6) is -1.37. The van der Waals surface area contributed by atoms with Crippen LogP contribution in [0.3, 0.4) is 0 Å². The summed E-state index contributed by atoms with van der Waals surface area (Å²) < 4.78 is 5.43. The van der Waals surface area contributed by atoms with Gasteiger partial charge in [-0.25, -0.2) is 4.79 Å². The van der Waals surface area contributed by atoms with Gasteiger partial charge >= 0.3 is 6.09 Å². The summed E-state index contributed by atoms with van der Waals surface area (Å²) in [4.78, 5) is 68.7. The van der Waals surface area contributed by atoms with Crippen molar-refractivity contribution in [2.24, 2.45) is 0 Å². The van der Waals surface area contributed by atoms with Crippen molar-refractivity contribution >= 4 is 29.5 Å². The summed E-state index contributed by atoms with van der Waals surface area (Å²) in [6, 6.07) is 18.3. The Morgan fingerprint density at radius 1 is 0.980 bits per heavy atom. The number of benzene rings is 3. The largest absolute Gasteiger partial charge is 0.444 e. The Kier molecular flexibility index (Phi) is 10.9. The molecule has 4 amide bonds. The zero-order valence-electron chi connectivity index (χ0n) is 29.2. The molecule has 1 heterocycles. The van der Waals surface area contributed by atoms with Gasteiger partial charge in [0.2, 0.25) is 17.7 Å². The molecular formula is C38H45N5O7. The number of aryl methyl sites for hydroxylation is 1. The molecule has 0 fully saturated rings. The number of carbonyl (C=O) groups excluding carboxylic acids is 4. The molecule has 4 atom stereocenters. The summed E-state index contributed by atoms with van der Waals surface area (Å²) >= 11 is 0. The fourth-order valence-electron chi connectivity index (χ4n) is 6.51. The first-order valence-corrected chi connectivity index (χ1v) is 17.0. The number of nitrogens with zero attached hydrogens (tertiary/aromatic N) is 3. The van der Waals surface area contributed by atoms with Gasteiger partial charge in [0.25, 0.3) is 5.69 Å². The molecule has 0 saturated heterocycles. The van der Waals surface area contributed by atoms with E-state index >= 15 is 0 Å². The molecule has 12 heteroatoms. The lowest BCUT2D eigenvalue weighted by Gasteiger charge is -2.39. The number of ether oxygens (including phenoxy) is 1. The second kappa shape index (κ2) is 15.1. The van der Waals surface area contributed by atoms with Gasteiger partial charge in [0.15, 0.2) is 0 Å². The van der Waals surface area contributed by atoms with E-state index in [9.17, 15) is 29.3 Å². The second-order valence-corrected chi connectivity index (χ2v) is 14.1. The van der Waals surface area contributed by atoms with Gasteiger partial charge in [0, 0.05) is 38.6 Å². The molecule has 3 aromatic carbocycles. The number of nitro groups is 1. The molecule has 0 bridgehead atoms. The van der Waals surface area contributed by atoms with Crippen molar-refractivity contribution in [3.05, 3.63) is 111 Å². The van der Waals surface area contributed by atoms with E-state index < -0.39 is 46.6 Å². The SMILES string of the molecule is C[C@@H](C(=O)N[C@@H](Cc1ccc([N+](=O)[O-])cc1)C(=O)N1Cc2ccccc2C[C@H]1C(=O)N[C@@H]1CCCc2ccccc21)N(C)C(=O)OC(C)(C)C. The minimum atomic E-state index is -1.16. The smallest absolute Gasteiger partial charge is 0.410 e. The normalized spacial score (nSPS) is 18.1. The first-order valence-electron chi connectivity index (χ1n) is 17.0. The Hall–Kier alpha value is -5.26. The molecule has 0 saturated carbocycles. The third-order valence-electron chi connectivity index (χ3n) is 9.36. The average molecular weight is 684 g/mol.